The Morgan fingerprint density at radius 2 is 1.88 bits per heavy atom. The lowest BCUT2D eigenvalue weighted by Crippen LogP contribution is -2.24. The molecule has 0 aliphatic carbocycles. The van der Waals surface area contributed by atoms with Crippen LogP contribution in [0.4, 0.5) is 5.69 Å². The van der Waals surface area contributed by atoms with Gasteiger partial charge in [-0.1, -0.05) is 13.8 Å². The minimum Gasteiger partial charge on any atom is -0.507 e. The molecule has 3 nitrogen and oxygen atoms in total. The summed E-state index contributed by atoms with van der Waals surface area (Å²) in [5, 5.41) is 9.62. The number of benzene rings is 1. The van der Waals surface area contributed by atoms with Crippen molar-refractivity contribution in [2.45, 2.75) is 26.7 Å². The van der Waals surface area contributed by atoms with Crippen LogP contribution in [0.3, 0.4) is 0 Å². The van der Waals surface area contributed by atoms with Gasteiger partial charge in [-0.15, -0.1) is 0 Å². The van der Waals surface area contributed by atoms with E-state index < -0.39 is 0 Å². The van der Waals surface area contributed by atoms with E-state index in [-0.39, 0.29) is 5.75 Å². The Balaban J connectivity index is 2.91. The van der Waals surface area contributed by atoms with Crippen LogP contribution < -0.4 is 4.90 Å². The van der Waals surface area contributed by atoms with E-state index in [4.69, 9.17) is 0 Å². The van der Waals surface area contributed by atoms with Gasteiger partial charge in [0.15, 0.2) is 6.29 Å². The van der Waals surface area contributed by atoms with Gasteiger partial charge in [0, 0.05) is 24.8 Å². The summed E-state index contributed by atoms with van der Waals surface area (Å²) in [6, 6.07) is 5.21. The maximum absolute atomic E-state index is 10.6. The predicted molar refractivity (Wildman–Crippen MR) is 66.3 cm³/mol. The number of phenolic OH excluding ortho intramolecular Hbond substituents is 1. The van der Waals surface area contributed by atoms with E-state index >= 15 is 0 Å². The molecule has 0 aliphatic rings. The third kappa shape index (κ3) is 2.99. The lowest BCUT2D eigenvalue weighted by molar-refractivity contribution is 0.112. The van der Waals surface area contributed by atoms with Crippen LogP contribution in [0.5, 0.6) is 5.75 Å². The minimum absolute atomic E-state index is 0.0599. The standard InChI is InChI=1S/C13H19NO2/c1-3-7-14(8-4-2)12-6-5-11(10-15)13(16)9-12/h5-6,9-10,16H,3-4,7-8H2,1-2H3. The quantitative estimate of drug-likeness (QED) is 0.751. The second-order valence-electron chi connectivity index (χ2n) is 3.85. The normalized spacial score (nSPS) is 10.1. The summed E-state index contributed by atoms with van der Waals surface area (Å²) < 4.78 is 0. The molecule has 0 radical (unpaired) electrons. The first-order valence-electron chi connectivity index (χ1n) is 5.76. The fraction of sp³-hybridized carbons (Fsp3) is 0.462. The molecular formula is C13H19NO2. The SMILES string of the molecule is CCCN(CCC)c1ccc(C=O)c(O)c1. The number of nitrogens with zero attached hydrogens (tertiary/aromatic N) is 1. The molecule has 0 aliphatic heterocycles. The first-order valence-corrected chi connectivity index (χ1v) is 5.76. The molecular weight excluding hydrogens is 202 g/mol. The van der Waals surface area contributed by atoms with Gasteiger partial charge in [0.1, 0.15) is 5.75 Å². The average Bonchev–Trinajstić information content (AvgIpc) is 2.28. The molecule has 1 rings (SSSR count). The van der Waals surface area contributed by atoms with Crippen molar-refractivity contribution in [3.05, 3.63) is 23.8 Å². The Morgan fingerprint density at radius 3 is 2.31 bits per heavy atom. The zero-order chi connectivity index (χ0) is 12.0. The molecule has 1 N–H and O–H groups in total. The lowest BCUT2D eigenvalue weighted by atomic mass is 10.1. The summed E-state index contributed by atoms with van der Waals surface area (Å²) in [4.78, 5) is 12.8. The van der Waals surface area contributed by atoms with Gasteiger partial charge in [0.25, 0.3) is 0 Å². The zero-order valence-electron chi connectivity index (χ0n) is 9.94. The van der Waals surface area contributed by atoms with Crippen molar-refractivity contribution in [3.8, 4) is 5.75 Å². The number of carbonyl (C=O) groups excluding carboxylic acids is 1. The number of phenols is 1. The second-order valence-corrected chi connectivity index (χ2v) is 3.85. The van der Waals surface area contributed by atoms with Crippen LogP contribution in [0.2, 0.25) is 0 Å². The number of anilines is 1. The highest BCUT2D eigenvalue weighted by Gasteiger charge is 2.07. The highest BCUT2D eigenvalue weighted by Crippen LogP contribution is 2.23. The maximum atomic E-state index is 10.6. The van der Waals surface area contributed by atoms with E-state index in [0.29, 0.717) is 11.8 Å². The Labute approximate surface area is 96.7 Å². The van der Waals surface area contributed by atoms with Crippen molar-refractivity contribution < 1.29 is 9.90 Å². The largest absolute Gasteiger partial charge is 0.507 e. The van der Waals surface area contributed by atoms with Crippen molar-refractivity contribution in [1.29, 1.82) is 0 Å². The number of carbonyl (C=O) groups is 1. The summed E-state index contributed by atoms with van der Waals surface area (Å²) >= 11 is 0. The van der Waals surface area contributed by atoms with Crippen LogP contribution in [0.25, 0.3) is 0 Å². The number of hydrogen-bond donors (Lipinski definition) is 1. The highest BCUT2D eigenvalue weighted by atomic mass is 16.3. The maximum Gasteiger partial charge on any atom is 0.153 e. The zero-order valence-corrected chi connectivity index (χ0v) is 9.94. The Kier molecular flexibility index (Phi) is 4.83. The summed E-state index contributed by atoms with van der Waals surface area (Å²) in [5.74, 6) is 0.0599. The molecule has 0 amide bonds. The summed E-state index contributed by atoms with van der Waals surface area (Å²) in [6.45, 7) is 6.19. The van der Waals surface area contributed by atoms with Crippen LogP contribution in [0.15, 0.2) is 18.2 Å². The fourth-order valence-electron chi connectivity index (χ4n) is 1.74. The fourth-order valence-corrected chi connectivity index (χ4v) is 1.74. The first kappa shape index (κ1) is 12.6. The Hall–Kier alpha value is -1.51. The molecule has 1 aromatic rings. The van der Waals surface area contributed by atoms with Crippen LogP contribution >= 0.6 is 0 Å². The molecule has 0 bridgehead atoms. The van der Waals surface area contributed by atoms with Crippen LogP contribution in [0.1, 0.15) is 37.0 Å². The number of rotatable bonds is 6. The highest BCUT2D eigenvalue weighted by molar-refractivity contribution is 5.80. The molecule has 0 fully saturated rings. The van der Waals surface area contributed by atoms with Crippen molar-refractivity contribution >= 4 is 12.0 Å². The molecule has 0 heterocycles. The molecule has 1 aromatic carbocycles. The number of aldehydes is 1. The van der Waals surface area contributed by atoms with Gasteiger partial charge in [-0.3, -0.25) is 4.79 Å². The van der Waals surface area contributed by atoms with Crippen LogP contribution in [-0.4, -0.2) is 24.5 Å². The molecule has 0 unspecified atom stereocenters. The van der Waals surface area contributed by atoms with Gasteiger partial charge in [-0.05, 0) is 25.0 Å². The molecule has 0 saturated carbocycles. The smallest absolute Gasteiger partial charge is 0.153 e. The van der Waals surface area contributed by atoms with E-state index in [2.05, 4.69) is 18.7 Å². The third-order valence-corrected chi connectivity index (χ3v) is 2.49. The van der Waals surface area contributed by atoms with E-state index in [1.807, 2.05) is 6.07 Å². The summed E-state index contributed by atoms with van der Waals surface area (Å²) in [6.07, 6.45) is 2.80. The predicted octanol–water partition coefficient (Wildman–Crippen LogP) is 2.83. The van der Waals surface area contributed by atoms with Crippen LogP contribution in [-0.2, 0) is 0 Å². The van der Waals surface area contributed by atoms with E-state index in [1.54, 1.807) is 12.1 Å². The molecule has 0 saturated heterocycles. The molecule has 0 atom stereocenters. The average molecular weight is 221 g/mol. The molecule has 0 spiro atoms. The molecule has 16 heavy (non-hydrogen) atoms. The number of aromatic hydroxyl groups is 1. The molecule has 0 aromatic heterocycles. The molecule has 3 heteroatoms. The first-order chi connectivity index (χ1) is 7.72. The summed E-state index contributed by atoms with van der Waals surface area (Å²) in [5.41, 5.74) is 1.32. The third-order valence-electron chi connectivity index (χ3n) is 2.49. The van der Waals surface area contributed by atoms with Gasteiger partial charge in [-0.25, -0.2) is 0 Å². The van der Waals surface area contributed by atoms with Gasteiger partial charge in [0.2, 0.25) is 0 Å². The monoisotopic (exact) mass is 221 g/mol. The van der Waals surface area contributed by atoms with Gasteiger partial charge in [-0.2, -0.15) is 0 Å². The van der Waals surface area contributed by atoms with Crippen LogP contribution in [0, 0.1) is 0 Å². The van der Waals surface area contributed by atoms with Crippen molar-refractivity contribution in [1.82, 2.24) is 0 Å². The van der Waals surface area contributed by atoms with Crippen molar-refractivity contribution in [3.63, 3.8) is 0 Å². The van der Waals surface area contributed by atoms with E-state index in [1.165, 1.54) is 0 Å². The van der Waals surface area contributed by atoms with Gasteiger partial charge >= 0.3 is 0 Å². The van der Waals surface area contributed by atoms with Crippen molar-refractivity contribution in [2.24, 2.45) is 0 Å². The minimum atomic E-state index is 0.0599. The second kappa shape index (κ2) is 6.16. The Bertz CT molecular complexity index is 344. The van der Waals surface area contributed by atoms with Crippen molar-refractivity contribution in [2.75, 3.05) is 18.0 Å². The van der Waals surface area contributed by atoms with Gasteiger partial charge in [0.05, 0.1) is 5.56 Å². The lowest BCUT2D eigenvalue weighted by Gasteiger charge is -2.24. The topological polar surface area (TPSA) is 40.5 Å². The molecule has 88 valence electrons. The van der Waals surface area contributed by atoms with E-state index in [9.17, 15) is 9.90 Å². The number of hydrogen-bond acceptors (Lipinski definition) is 3. The summed E-state index contributed by atoms with van der Waals surface area (Å²) in [7, 11) is 0. The van der Waals surface area contributed by atoms with Gasteiger partial charge < -0.3 is 10.0 Å². The Morgan fingerprint density at radius 1 is 1.25 bits per heavy atom. The van der Waals surface area contributed by atoms with E-state index in [0.717, 1.165) is 31.6 Å².